The van der Waals surface area contributed by atoms with Gasteiger partial charge in [-0.15, -0.1) is 0 Å². The van der Waals surface area contributed by atoms with E-state index in [1.807, 2.05) is 53.6 Å². The van der Waals surface area contributed by atoms with E-state index in [0.717, 1.165) is 51.4 Å². The topological polar surface area (TPSA) is 268 Å². The van der Waals surface area contributed by atoms with Gasteiger partial charge in [0.15, 0.2) is 0 Å². The molecule has 1 aliphatic rings. The van der Waals surface area contributed by atoms with Crippen LogP contribution in [0, 0.1) is 11.8 Å². The van der Waals surface area contributed by atoms with E-state index in [9.17, 15) is 48.3 Å². The van der Waals surface area contributed by atoms with Crippen molar-refractivity contribution in [2.24, 2.45) is 11.8 Å². The molecule has 8 N–H and O–H groups in total. The second-order valence-corrected chi connectivity index (χ2v) is 22.3. The van der Waals surface area contributed by atoms with Gasteiger partial charge in [0.1, 0.15) is 41.4 Å². The number of nitrogens with one attached hydrogen (secondary N) is 7. The van der Waals surface area contributed by atoms with Gasteiger partial charge < -0.3 is 57.0 Å². The molecule has 0 bridgehead atoms. The van der Waals surface area contributed by atoms with Gasteiger partial charge in [0.05, 0.1) is 6.10 Å². The third kappa shape index (κ3) is 24.4. The van der Waals surface area contributed by atoms with Crippen LogP contribution < -0.4 is 37.2 Å². The first-order valence-corrected chi connectivity index (χ1v) is 27.1. The van der Waals surface area contributed by atoms with E-state index in [1.54, 1.807) is 4.90 Å². The third-order valence-electron chi connectivity index (χ3n) is 12.9. The number of likely N-dealkylation sites (tertiary alicyclic amines) is 1. The summed E-state index contributed by atoms with van der Waals surface area (Å²) in [5, 5.41) is 30.1. The molecule has 1 fully saturated rings. The highest BCUT2D eigenvalue weighted by Crippen LogP contribution is 2.26. The second kappa shape index (κ2) is 33.1. The monoisotopic (exact) mass is 1030 g/mol. The van der Waals surface area contributed by atoms with Gasteiger partial charge in [-0.2, -0.15) is 0 Å². The highest BCUT2D eigenvalue weighted by atomic mass is 16.3. The molecule has 0 aromatic rings. The first kappa shape index (κ1) is 66.2. The summed E-state index contributed by atoms with van der Waals surface area (Å²) < 4.78 is 0. The molecule has 0 aromatic heterocycles. The Bertz CT molecular complexity index is 1770. The fraction of sp³-hybridized carbons (Fsp3) is 0.830. The quantitative estimate of drug-likeness (QED) is 0.0333. The second-order valence-electron chi connectivity index (χ2n) is 22.3. The van der Waals surface area contributed by atoms with Gasteiger partial charge >= 0.3 is 0 Å². The molecule has 0 unspecified atom stereocenters. The molecule has 0 radical (unpaired) electrons. The summed E-state index contributed by atoms with van der Waals surface area (Å²) in [6.45, 7) is 21.8. The van der Waals surface area contributed by atoms with Gasteiger partial charge in [-0.05, 0) is 106 Å². The molecule has 20 heteroatoms. The zero-order valence-corrected chi connectivity index (χ0v) is 47.2. The Hall–Kier alpha value is -4.85. The van der Waals surface area contributed by atoms with Crippen molar-refractivity contribution in [1.29, 1.82) is 0 Å². The van der Waals surface area contributed by atoms with Crippen LogP contribution >= 0.6 is 0 Å². The molecule has 1 aliphatic heterocycles. The molecule has 7 atom stereocenters. The van der Waals surface area contributed by atoms with E-state index in [-0.39, 0.29) is 61.9 Å². The first-order valence-electron chi connectivity index (χ1n) is 27.1. The molecule has 420 valence electrons. The maximum absolute atomic E-state index is 14.4. The van der Waals surface area contributed by atoms with Crippen molar-refractivity contribution >= 4 is 53.7 Å². The van der Waals surface area contributed by atoms with Crippen LogP contribution in [0.1, 0.15) is 186 Å². The van der Waals surface area contributed by atoms with E-state index in [2.05, 4.69) is 51.1 Å². The smallest absolute Gasteiger partial charge is 0.246 e. The van der Waals surface area contributed by atoms with Gasteiger partial charge in [0.2, 0.25) is 53.7 Å². The Morgan fingerprint density at radius 2 is 1.22 bits per heavy atom. The maximum Gasteiger partial charge on any atom is 0.246 e. The van der Waals surface area contributed by atoms with Crippen molar-refractivity contribution in [2.75, 3.05) is 33.7 Å². The lowest BCUT2D eigenvalue weighted by atomic mass is 9.96. The predicted molar refractivity (Wildman–Crippen MR) is 283 cm³/mol. The summed E-state index contributed by atoms with van der Waals surface area (Å²) in [5.74, 6) is -4.76. The van der Waals surface area contributed by atoms with E-state index < -0.39 is 83.0 Å². The fourth-order valence-corrected chi connectivity index (χ4v) is 8.90. The molecular weight excluding hydrogens is 937 g/mol. The van der Waals surface area contributed by atoms with Crippen LogP contribution in [0.25, 0.3) is 0 Å². The number of unbranched alkanes of at least 4 members (excludes halogenated alkanes) is 7. The molecule has 0 aromatic carbocycles. The van der Waals surface area contributed by atoms with Gasteiger partial charge in [-0.25, -0.2) is 0 Å². The minimum absolute atomic E-state index is 0.0300. The van der Waals surface area contributed by atoms with Crippen LogP contribution in [0.3, 0.4) is 0 Å². The van der Waals surface area contributed by atoms with Crippen LogP contribution in [0.15, 0.2) is 0 Å². The Labute approximate surface area is 437 Å². The van der Waals surface area contributed by atoms with E-state index in [1.165, 1.54) is 39.5 Å². The molecule has 0 aliphatic carbocycles. The number of hydrogen-bond donors (Lipinski definition) is 8. The summed E-state index contributed by atoms with van der Waals surface area (Å²) >= 11 is 0. The van der Waals surface area contributed by atoms with Crippen molar-refractivity contribution in [3.63, 3.8) is 0 Å². The number of amides is 9. The van der Waals surface area contributed by atoms with Crippen molar-refractivity contribution < 1.29 is 48.3 Å². The molecule has 1 saturated heterocycles. The minimum Gasteiger partial charge on any atom is -0.391 e. The van der Waals surface area contributed by atoms with Gasteiger partial charge in [0.25, 0.3) is 0 Å². The highest BCUT2D eigenvalue weighted by molar-refractivity contribution is 5.98. The lowest BCUT2D eigenvalue weighted by Gasteiger charge is -2.38. The van der Waals surface area contributed by atoms with Crippen molar-refractivity contribution in [3.8, 4) is 0 Å². The standard InChI is InChI=1S/C53H98N10O10/c1-15-17-19-20-21-23-25-41(63(34-64)43-26-24-30-62(43)44(67)27-22-18-16-2)48(70)58-45(38(8)65)49(71)57-39(31-35(3)4)46(68)56-40(32-36(5)6)47(69)59-53(11,12)51(73)60-52(9,10)50(72)54-29-28-42(66)55-37(7)33-61(13)14/h34-41,43,45,65H,15-33H2,1-14H3,(H,54,72)(H,55,66)(H,56,68)(H,57,71)(H,58,70)(H,59,69)(H,60,73)/t37-,38+,39-,40-,41-,43+,45-/m0/s1. The predicted octanol–water partition coefficient (Wildman–Crippen LogP) is 3.38. The van der Waals surface area contributed by atoms with E-state index >= 15 is 0 Å². The zero-order valence-electron chi connectivity index (χ0n) is 47.2. The number of carbonyl (C=O) groups is 9. The molecule has 20 nitrogen and oxygen atoms in total. The summed E-state index contributed by atoms with van der Waals surface area (Å²) in [7, 11) is 3.79. The first-order chi connectivity index (χ1) is 34.1. The third-order valence-corrected chi connectivity index (χ3v) is 12.9. The Morgan fingerprint density at radius 3 is 1.78 bits per heavy atom. The zero-order chi connectivity index (χ0) is 55.6. The van der Waals surface area contributed by atoms with Crippen molar-refractivity contribution in [1.82, 2.24) is 51.9 Å². The van der Waals surface area contributed by atoms with Crippen LogP contribution in [0.2, 0.25) is 0 Å². The van der Waals surface area contributed by atoms with Crippen molar-refractivity contribution in [2.45, 2.75) is 239 Å². The van der Waals surface area contributed by atoms with Crippen LogP contribution in [-0.2, 0) is 43.2 Å². The number of carbonyl (C=O) groups excluding carboxylic acids is 9. The van der Waals surface area contributed by atoms with Crippen LogP contribution in [0.5, 0.6) is 0 Å². The number of hydrogen-bond acceptors (Lipinski definition) is 11. The number of aliphatic hydroxyl groups is 1. The lowest BCUT2D eigenvalue weighted by molar-refractivity contribution is -0.146. The maximum atomic E-state index is 14.4. The highest BCUT2D eigenvalue weighted by Gasteiger charge is 2.42. The molecule has 1 heterocycles. The number of likely N-dealkylation sites (N-methyl/N-ethyl adjacent to an activating group) is 1. The van der Waals surface area contributed by atoms with E-state index in [4.69, 9.17) is 0 Å². The molecule has 73 heavy (non-hydrogen) atoms. The van der Waals surface area contributed by atoms with Gasteiger partial charge in [0, 0.05) is 38.5 Å². The van der Waals surface area contributed by atoms with Crippen LogP contribution in [0.4, 0.5) is 0 Å². The Kier molecular flexibility index (Phi) is 30.0. The lowest BCUT2D eigenvalue weighted by Crippen LogP contribution is -2.65. The van der Waals surface area contributed by atoms with Crippen LogP contribution in [-0.4, -0.2) is 161 Å². The average Bonchev–Trinajstić information content (AvgIpc) is 3.77. The summed E-state index contributed by atoms with van der Waals surface area (Å²) in [6, 6.07) is -5.10. The molecule has 0 saturated carbocycles. The summed E-state index contributed by atoms with van der Waals surface area (Å²) in [5.41, 5.74) is -3.03. The molecule has 0 spiro atoms. The Morgan fingerprint density at radius 1 is 0.671 bits per heavy atom. The minimum atomic E-state index is -1.59. The van der Waals surface area contributed by atoms with Crippen molar-refractivity contribution in [3.05, 3.63) is 0 Å². The molecular formula is C53H98N10O10. The molecule has 9 amide bonds. The largest absolute Gasteiger partial charge is 0.391 e. The van der Waals surface area contributed by atoms with Gasteiger partial charge in [-0.3, -0.25) is 43.2 Å². The number of nitrogens with zero attached hydrogens (tertiary/aromatic N) is 3. The normalized spacial score (nSPS) is 16.4. The van der Waals surface area contributed by atoms with Gasteiger partial charge in [-0.1, -0.05) is 92.9 Å². The summed E-state index contributed by atoms with van der Waals surface area (Å²) in [6.07, 6.45) is 8.65. The Balaban J connectivity index is 3.28. The average molecular weight is 1040 g/mol. The summed E-state index contributed by atoms with van der Waals surface area (Å²) in [4.78, 5) is 127. The fourth-order valence-electron chi connectivity index (χ4n) is 8.90. The van der Waals surface area contributed by atoms with E-state index in [0.29, 0.717) is 45.2 Å². The number of rotatable bonds is 36. The SMILES string of the molecule is CCCCCCCC[C@@H](C(=O)N[C@H](C(=O)N[C@@H](CC(C)C)C(=O)N[C@@H](CC(C)C)C(=O)NC(C)(C)C(=O)NC(C)(C)C(=O)NCCC(=O)N[C@@H](C)CN(C)C)[C@@H](C)O)N(C=O)[C@@H]1CCCN1C(=O)CCCCC. The molecule has 1 rings (SSSR count). The number of aliphatic hydroxyl groups excluding tert-OH is 1.